The quantitative estimate of drug-likeness (QED) is 0.942. The average Bonchev–Trinajstić information content (AvgIpc) is 2.82. The van der Waals surface area contributed by atoms with Crippen LogP contribution in [-0.4, -0.2) is 14.7 Å². The highest BCUT2D eigenvalue weighted by Crippen LogP contribution is 2.24. The predicted molar refractivity (Wildman–Crippen MR) is 70.7 cm³/mol. The zero-order valence-corrected chi connectivity index (χ0v) is 11.6. The zero-order valence-electron chi connectivity index (χ0n) is 9.98. The Morgan fingerprint density at radius 3 is 3.00 bits per heavy atom. The lowest BCUT2D eigenvalue weighted by Crippen LogP contribution is -2.09. The number of halogens is 2. The Balaban J connectivity index is 2.21. The van der Waals surface area contributed by atoms with Crippen LogP contribution in [-0.2, 0) is 13.0 Å². The van der Waals surface area contributed by atoms with Crippen molar-refractivity contribution in [2.75, 3.05) is 0 Å². The molecule has 1 aromatic heterocycles. The van der Waals surface area contributed by atoms with Gasteiger partial charge in [0, 0.05) is 17.4 Å². The molecule has 0 fully saturated rings. The first-order valence-corrected chi connectivity index (χ1v) is 6.53. The molecule has 0 aliphatic rings. The average molecular weight is 313 g/mol. The first-order chi connectivity index (χ1) is 8.61. The summed E-state index contributed by atoms with van der Waals surface area (Å²) in [7, 11) is 0. The Kier molecular flexibility index (Phi) is 4.14. The molecule has 5 heteroatoms. The standard InChI is InChI=1S/C13H14BrFN2O/c1-2-17-8-16-7-12(17)13(18)6-9-5-10(15)3-4-11(9)14/h3-5,7-8,13,18H,2,6H2,1H3. The van der Waals surface area contributed by atoms with Gasteiger partial charge in [0.15, 0.2) is 0 Å². The summed E-state index contributed by atoms with van der Waals surface area (Å²) in [4.78, 5) is 4.01. The number of hydrogen-bond donors (Lipinski definition) is 1. The van der Waals surface area contributed by atoms with Crippen LogP contribution in [0.25, 0.3) is 0 Å². The van der Waals surface area contributed by atoms with Crippen LogP contribution < -0.4 is 0 Å². The molecule has 0 saturated carbocycles. The lowest BCUT2D eigenvalue weighted by molar-refractivity contribution is 0.168. The summed E-state index contributed by atoms with van der Waals surface area (Å²) in [6, 6.07) is 4.46. The van der Waals surface area contributed by atoms with Gasteiger partial charge < -0.3 is 9.67 Å². The number of aliphatic hydroxyl groups is 1. The molecule has 1 unspecified atom stereocenters. The molecule has 0 amide bonds. The van der Waals surface area contributed by atoms with Gasteiger partial charge in [-0.15, -0.1) is 0 Å². The first-order valence-electron chi connectivity index (χ1n) is 5.73. The van der Waals surface area contributed by atoms with Gasteiger partial charge in [-0.25, -0.2) is 9.37 Å². The topological polar surface area (TPSA) is 38.0 Å². The Morgan fingerprint density at radius 1 is 1.50 bits per heavy atom. The Hall–Kier alpha value is -1.20. The lowest BCUT2D eigenvalue weighted by Gasteiger charge is -2.13. The van der Waals surface area contributed by atoms with E-state index in [1.807, 2.05) is 11.5 Å². The highest BCUT2D eigenvalue weighted by atomic mass is 79.9. The SMILES string of the molecule is CCn1cncc1C(O)Cc1cc(F)ccc1Br. The molecule has 0 aliphatic heterocycles. The summed E-state index contributed by atoms with van der Waals surface area (Å²) in [6.45, 7) is 2.73. The van der Waals surface area contributed by atoms with Gasteiger partial charge in [0.25, 0.3) is 0 Å². The molecule has 3 nitrogen and oxygen atoms in total. The second-order valence-electron chi connectivity index (χ2n) is 4.06. The molecular weight excluding hydrogens is 299 g/mol. The minimum absolute atomic E-state index is 0.301. The summed E-state index contributed by atoms with van der Waals surface area (Å²) in [5, 5.41) is 10.2. The Morgan fingerprint density at radius 2 is 2.28 bits per heavy atom. The largest absolute Gasteiger partial charge is 0.386 e. The number of aromatic nitrogens is 2. The maximum absolute atomic E-state index is 13.2. The summed E-state index contributed by atoms with van der Waals surface area (Å²) < 4.78 is 15.8. The van der Waals surface area contributed by atoms with Crippen LogP contribution in [0.2, 0.25) is 0 Å². The number of nitrogens with zero attached hydrogens (tertiary/aromatic N) is 2. The number of benzene rings is 1. The van der Waals surface area contributed by atoms with Gasteiger partial charge in [-0.2, -0.15) is 0 Å². The van der Waals surface area contributed by atoms with Gasteiger partial charge in [-0.05, 0) is 30.7 Å². The molecule has 0 saturated heterocycles. The fraction of sp³-hybridized carbons (Fsp3) is 0.308. The second kappa shape index (κ2) is 5.63. The van der Waals surface area contributed by atoms with Gasteiger partial charge in [0.1, 0.15) is 5.82 Å². The first kappa shape index (κ1) is 13.2. The van der Waals surface area contributed by atoms with Crippen molar-refractivity contribution in [2.24, 2.45) is 0 Å². The maximum atomic E-state index is 13.2. The van der Waals surface area contributed by atoms with E-state index in [1.165, 1.54) is 12.1 Å². The van der Waals surface area contributed by atoms with Crippen molar-refractivity contribution in [1.29, 1.82) is 0 Å². The van der Waals surface area contributed by atoms with Gasteiger partial charge in [0.2, 0.25) is 0 Å². The second-order valence-corrected chi connectivity index (χ2v) is 4.91. The van der Waals surface area contributed by atoms with Crippen molar-refractivity contribution < 1.29 is 9.50 Å². The summed E-state index contributed by atoms with van der Waals surface area (Å²) >= 11 is 3.36. The third kappa shape index (κ3) is 2.79. The molecule has 2 aromatic rings. The minimum atomic E-state index is -0.689. The summed E-state index contributed by atoms with van der Waals surface area (Å²) in [5.74, 6) is -0.301. The summed E-state index contributed by atoms with van der Waals surface area (Å²) in [6.07, 6.45) is 2.98. The van der Waals surface area contributed by atoms with Crippen molar-refractivity contribution in [1.82, 2.24) is 9.55 Å². The van der Waals surface area contributed by atoms with E-state index in [-0.39, 0.29) is 5.82 Å². The van der Waals surface area contributed by atoms with Gasteiger partial charge in [-0.1, -0.05) is 15.9 Å². The maximum Gasteiger partial charge on any atom is 0.123 e. The van der Waals surface area contributed by atoms with Crippen molar-refractivity contribution in [3.8, 4) is 0 Å². The van der Waals surface area contributed by atoms with Crippen molar-refractivity contribution >= 4 is 15.9 Å². The smallest absolute Gasteiger partial charge is 0.123 e. The molecular formula is C13H14BrFN2O. The van der Waals surface area contributed by atoms with E-state index in [9.17, 15) is 9.50 Å². The predicted octanol–water partition coefficient (Wildman–Crippen LogP) is 3.08. The van der Waals surface area contributed by atoms with E-state index < -0.39 is 6.10 Å². The highest BCUT2D eigenvalue weighted by Gasteiger charge is 2.15. The molecule has 0 aliphatic carbocycles. The van der Waals surface area contributed by atoms with Gasteiger partial charge >= 0.3 is 0 Å². The molecule has 1 atom stereocenters. The zero-order chi connectivity index (χ0) is 13.1. The van der Waals surface area contributed by atoms with E-state index in [4.69, 9.17) is 0 Å². The van der Waals surface area contributed by atoms with Crippen molar-refractivity contribution in [2.45, 2.75) is 26.0 Å². The number of imidazole rings is 1. The monoisotopic (exact) mass is 312 g/mol. The van der Waals surface area contributed by atoms with Crippen LogP contribution in [0, 0.1) is 5.82 Å². The molecule has 0 bridgehead atoms. The summed E-state index contributed by atoms with van der Waals surface area (Å²) in [5.41, 5.74) is 1.49. The highest BCUT2D eigenvalue weighted by molar-refractivity contribution is 9.10. The van der Waals surface area contributed by atoms with Crippen LogP contribution in [0.15, 0.2) is 35.2 Å². The van der Waals surface area contributed by atoms with E-state index >= 15 is 0 Å². The van der Waals surface area contributed by atoms with E-state index in [1.54, 1.807) is 18.6 Å². The number of aliphatic hydroxyl groups excluding tert-OH is 1. The molecule has 2 rings (SSSR count). The van der Waals surface area contributed by atoms with Crippen molar-refractivity contribution in [3.63, 3.8) is 0 Å². The molecule has 18 heavy (non-hydrogen) atoms. The van der Waals surface area contributed by atoms with Crippen LogP contribution in [0.4, 0.5) is 4.39 Å². The van der Waals surface area contributed by atoms with E-state index in [2.05, 4.69) is 20.9 Å². The number of aryl methyl sites for hydroxylation is 1. The van der Waals surface area contributed by atoms with Crippen LogP contribution in [0.1, 0.15) is 24.3 Å². The van der Waals surface area contributed by atoms with E-state index in [0.29, 0.717) is 6.42 Å². The lowest BCUT2D eigenvalue weighted by atomic mass is 10.1. The Bertz CT molecular complexity index is 542. The normalized spacial score (nSPS) is 12.7. The van der Waals surface area contributed by atoms with Crippen LogP contribution >= 0.6 is 15.9 Å². The van der Waals surface area contributed by atoms with Gasteiger partial charge in [-0.3, -0.25) is 0 Å². The number of rotatable bonds is 4. The van der Waals surface area contributed by atoms with Crippen LogP contribution in [0.3, 0.4) is 0 Å². The molecule has 0 spiro atoms. The molecule has 1 aromatic carbocycles. The third-order valence-corrected chi connectivity index (χ3v) is 3.62. The fourth-order valence-corrected chi connectivity index (χ4v) is 2.29. The third-order valence-electron chi connectivity index (χ3n) is 2.85. The fourth-order valence-electron chi connectivity index (χ4n) is 1.89. The number of hydrogen-bond acceptors (Lipinski definition) is 2. The van der Waals surface area contributed by atoms with Crippen molar-refractivity contribution in [3.05, 3.63) is 52.3 Å². The Labute approximate surface area is 113 Å². The molecule has 96 valence electrons. The molecule has 0 radical (unpaired) electrons. The minimum Gasteiger partial charge on any atom is -0.386 e. The molecule has 1 N–H and O–H groups in total. The van der Waals surface area contributed by atoms with E-state index in [0.717, 1.165) is 22.3 Å². The molecule has 1 heterocycles. The van der Waals surface area contributed by atoms with Crippen LogP contribution in [0.5, 0.6) is 0 Å². The van der Waals surface area contributed by atoms with Gasteiger partial charge in [0.05, 0.1) is 24.3 Å².